The first-order valence-corrected chi connectivity index (χ1v) is 30.1. The van der Waals surface area contributed by atoms with Crippen LogP contribution in [-0.4, -0.2) is 171 Å². The minimum Gasteiger partial charge on any atom is -0.480 e. The average Bonchev–Trinajstić information content (AvgIpc) is 3.60. The summed E-state index contributed by atoms with van der Waals surface area (Å²) in [6, 6.07) is 30.5. The Labute approximate surface area is 517 Å². The van der Waals surface area contributed by atoms with E-state index in [4.69, 9.17) is 45.0 Å². The molecule has 6 heterocycles. The van der Waals surface area contributed by atoms with E-state index in [-0.39, 0.29) is 23.8 Å². The number of aliphatic carboxylic acids is 2. The summed E-state index contributed by atoms with van der Waals surface area (Å²) in [5.74, 6) is -1.83. The van der Waals surface area contributed by atoms with Gasteiger partial charge in [0.2, 0.25) is 6.04 Å². The Hall–Kier alpha value is -7.69. The molecule has 3 aromatic heterocycles. The number of piperidine rings is 3. The summed E-state index contributed by atoms with van der Waals surface area (Å²) in [6.45, 7) is 18.4. The molecule has 0 radical (unpaired) electrons. The number of carboxylic acids is 2. The molecule has 0 aliphatic carbocycles. The normalized spacial score (nSPS) is 15.2. The Bertz CT molecular complexity index is 3190. The molecular weight excluding hydrogens is 1160 g/mol. The molecule has 3 saturated heterocycles. The second-order valence-corrected chi connectivity index (χ2v) is 22.2. The topological polar surface area (TPSA) is 250 Å². The number of aromatic nitrogens is 3. The van der Waals surface area contributed by atoms with Crippen LogP contribution in [0.5, 0.6) is 0 Å². The molecule has 6 aromatic rings. The summed E-state index contributed by atoms with van der Waals surface area (Å²) < 4.78 is 0. The predicted octanol–water partition coefficient (Wildman–Crippen LogP) is 10.7. The number of hydrogen-bond donors (Lipinski definition) is 8. The third-order valence-corrected chi connectivity index (χ3v) is 15.7. The lowest BCUT2D eigenvalue weighted by Gasteiger charge is -2.34. The number of likely N-dealkylation sites (N-methyl/N-ethyl adjacent to an activating group) is 1. The van der Waals surface area contributed by atoms with Gasteiger partial charge in [-0.05, 0) is 143 Å². The van der Waals surface area contributed by atoms with E-state index in [0.717, 1.165) is 84.6 Å². The van der Waals surface area contributed by atoms with Gasteiger partial charge in [-0.2, -0.15) is 0 Å². The van der Waals surface area contributed by atoms with Crippen molar-refractivity contribution in [3.8, 4) is 0 Å². The highest BCUT2D eigenvalue weighted by atomic mass is 35.5. The number of pyridine rings is 3. The standard InChI is InChI=1S/C23H32ClN5O.C20H21ClN4O5.C20H23ClN4O/c1-3-28(4-2)15-16-29-13-10-19(11-14-29)26-22-21(9-6-12-25-22)23(30)27-20-8-5-7-18(24)17-20;21-12-3-1-4-14(11-12)24-18(26)15-5-2-8-22-17(15)23-13-6-9-25(10-7-13)16(19(27)28)20(29)30;1-2-11-25-12-8-16(9-13-25)23-19-18(7-4-10-22-19)20(26)24-17-6-3-5-15(21)14-17/h5-9,12,17,19H,3-4,10-11,13-16H2,1-2H3,(H,25,26)(H,27,30);1-5,8,11,13,16H,6-7,9-10H2,(H,22,23)(H,24,26)(H,27,28)(H,29,30);2-7,10,14,16H,1,8-9,11-13H2,(H,22,23)(H,24,26). The fourth-order valence-electron chi connectivity index (χ4n) is 10.3. The Balaban J connectivity index is 0.000000185. The van der Waals surface area contributed by atoms with Gasteiger partial charge in [-0.3, -0.25) is 24.2 Å². The van der Waals surface area contributed by atoms with E-state index in [2.05, 4.69) is 82.0 Å². The number of halogens is 3. The number of rotatable bonds is 22. The van der Waals surface area contributed by atoms with Crippen molar-refractivity contribution in [3.63, 3.8) is 0 Å². The molecule has 86 heavy (non-hydrogen) atoms. The summed E-state index contributed by atoms with van der Waals surface area (Å²) in [5.41, 5.74) is 3.32. The predicted molar refractivity (Wildman–Crippen MR) is 342 cm³/mol. The molecule has 9 rings (SSSR count). The van der Waals surface area contributed by atoms with E-state index >= 15 is 0 Å². The van der Waals surface area contributed by atoms with Gasteiger partial charge < -0.3 is 51.9 Å². The van der Waals surface area contributed by atoms with Crippen LogP contribution in [0.15, 0.2) is 140 Å². The molecule has 23 heteroatoms. The van der Waals surface area contributed by atoms with E-state index < -0.39 is 18.0 Å². The lowest BCUT2D eigenvalue weighted by atomic mass is 10.0. The fraction of sp³-hybridized carbons (Fsp3) is 0.365. The number of benzene rings is 3. The maximum Gasteiger partial charge on any atom is 0.332 e. The smallest absolute Gasteiger partial charge is 0.332 e. The van der Waals surface area contributed by atoms with Gasteiger partial charge in [-0.15, -0.1) is 6.58 Å². The van der Waals surface area contributed by atoms with Crippen molar-refractivity contribution < 1.29 is 34.2 Å². The number of amides is 3. The summed E-state index contributed by atoms with van der Waals surface area (Å²) in [7, 11) is 0. The molecule has 0 bridgehead atoms. The second-order valence-electron chi connectivity index (χ2n) is 20.9. The van der Waals surface area contributed by atoms with Gasteiger partial charge in [-0.1, -0.05) is 72.9 Å². The number of carboxylic acid groups (broad SMARTS) is 2. The SMILES string of the molecule is C=CCN1CCC(Nc2ncccc2C(=O)Nc2cccc(Cl)c2)CC1.CCN(CC)CCN1CCC(Nc2ncccc2C(=O)Nc2cccc(Cl)c2)CC1.O=C(Nc1cccc(Cl)c1)c1cccnc1NC1CCN(C(C(=O)O)C(=O)O)CC1. The van der Waals surface area contributed by atoms with E-state index in [1.807, 2.05) is 24.3 Å². The van der Waals surface area contributed by atoms with Crippen molar-refractivity contribution in [3.05, 3.63) is 172 Å². The van der Waals surface area contributed by atoms with Crippen LogP contribution in [0.25, 0.3) is 0 Å². The molecule has 20 nitrogen and oxygen atoms in total. The Morgan fingerprint density at radius 2 is 0.895 bits per heavy atom. The van der Waals surface area contributed by atoms with Gasteiger partial charge >= 0.3 is 11.9 Å². The molecular formula is C63H76Cl3N13O7. The van der Waals surface area contributed by atoms with E-state index in [0.29, 0.717) is 104 Å². The first-order chi connectivity index (χ1) is 41.6. The molecule has 3 aliphatic heterocycles. The summed E-state index contributed by atoms with van der Waals surface area (Å²) >= 11 is 18.0. The number of nitrogens with zero attached hydrogens (tertiary/aromatic N) is 7. The number of carbonyl (C=O) groups is 5. The van der Waals surface area contributed by atoms with Crippen LogP contribution in [0.4, 0.5) is 34.5 Å². The van der Waals surface area contributed by atoms with E-state index in [1.54, 1.807) is 110 Å². The number of hydrogen-bond acceptors (Lipinski definition) is 15. The highest BCUT2D eigenvalue weighted by molar-refractivity contribution is 6.31. The zero-order valence-electron chi connectivity index (χ0n) is 48.4. The largest absolute Gasteiger partial charge is 0.480 e. The highest BCUT2D eigenvalue weighted by Crippen LogP contribution is 2.26. The number of likely N-dealkylation sites (tertiary alicyclic amines) is 3. The van der Waals surface area contributed by atoms with Gasteiger partial charge in [0.15, 0.2) is 0 Å². The summed E-state index contributed by atoms with van der Waals surface area (Å²) in [6.07, 6.45) is 12.1. The molecule has 0 atom stereocenters. The van der Waals surface area contributed by atoms with Gasteiger partial charge in [0, 0.05) is 128 Å². The maximum absolute atomic E-state index is 12.8. The molecule has 3 aromatic carbocycles. The summed E-state index contributed by atoms with van der Waals surface area (Å²) in [4.78, 5) is 82.4. The zero-order chi connectivity index (χ0) is 61.4. The number of carbonyl (C=O) groups excluding carboxylic acids is 3. The fourth-order valence-corrected chi connectivity index (χ4v) is 10.8. The Kier molecular flexibility index (Phi) is 25.9. The van der Waals surface area contributed by atoms with Gasteiger partial charge in [0.05, 0.1) is 16.7 Å². The lowest BCUT2D eigenvalue weighted by Crippen LogP contribution is -2.51. The van der Waals surface area contributed by atoms with Crippen LogP contribution < -0.4 is 31.9 Å². The van der Waals surface area contributed by atoms with Crippen LogP contribution in [0.3, 0.4) is 0 Å². The van der Waals surface area contributed by atoms with Crippen LogP contribution in [0.2, 0.25) is 15.1 Å². The molecule has 3 fully saturated rings. The minimum absolute atomic E-state index is 0.0721. The molecule has 3 amide bonds. The van der Waals surface area contributed by atoms with Crippen molar-refractivity contribution in [2.75, 3.05) is 104 Å². The molecule has 3 aliphatic rings. The molecule has 0 unspecified atom stereocenters. The monoisotopic (exact) mass is 1230 g/mol. The van der Waals surface area contributed by atoms with Gasteiger partial charge in [0.25, 0.3) is 17.7 Å². The highest BCUT2D eigenvalue weighted by Gasteiger charge is 2.35. The van der Waals surface area contributed by atoms with Crippen LogP contribution in [0, 0.1) is 0 Å². The van der Waals surface area contributed by atoms with Crippen molar-refractivity contribution in [2.45, 2.75) is 76.5 Å². The minimum atomic E-state index is -1.56. The van der Waals surface area contributed by atoms with E-state index in [9.17, 15) is 24.0 Å². The van der Waals surface area contributed by atoms with Gasteiger partial charge in [0.1, 0.15) is 17.5 Å². The van der Waals surface area contributed by atoms with Gasteiger partial charge in [-0.25, -0.2) is 24.5 Å². The van der Waals surface area contributed by atoms with Crippen molar-refractivity contribution in [1.82, 2.24) is 34.6 Å². The van der Waals surface area contributed by atoms with Crippen LogP contribution >= 0.6 is 34.8 Å². The lowest BCUT2D eigenvalue weighted by molar-refractivity contribution is -0.157. The van der Waals surface area contributed by atoms with Crippen molar-refractivity contribution in [1.29, 1.82) is 0 Å². The second kappa shape index (κ2) is 33.9. The van der Waals surface area contributed by atoms with Crippen molar-refractivity contribution in [2.24, 2.45) is 0 Å². The third-order valence-electron chi connectivity index (χ3n) is 15.0. The zero-order valence-corrected chi connectivity index (χ0v) is 50.7. The Morgan fingerprint density at radius 1 is 0.547 bits per heavy atom. The first-order valence-electron chi connectivity index (χ1n) is 28.9. The average molecular weight is 1230 g/mol. The van der Waals surface area contributed by atoms with Crippen molar-refractivity contribution >= 4 is 99.0 Å². The molecule has 8 N–H and O–H groups in total. The first kappa shape index (κ1) is 65.8. The molecule has 0 spiro atoms. The number of nitrogens with one attached hydrogen (secondary N) is 6. The van der Waals surface area contributed by atoms with Crippen LogP contribution in [-0.2, 0) is 9.59 Å². The van der Waals surface area contributed by atoms with Crippen LogP contribution in [0.1, 0.15) is 83.4 Å². The number of anilines is 6. The Morgan fingerprint density at radius 3 is 1.22 bits per heavy atom. The molecule has 0 saturated carbocycles. The summed E-state index contributed by atoms with van der Waals surface area (Å²) in [5, 5.41) is 38.7. The third kappa shape index (κ3) is 20.5. The van der Waals surface area contributed by atoms with E-state index in [1.165, 1.54) is 4.90 Å². The molecule has 456 valence electrons. The maximum atomic E-state index is 12.8. The quantitative estimate of drug-likeness (QED) is 0.0232.